The molecule has 0 aliphatic heterocycles. The van der Waals surface area contributed by atoms with E-state index < -0.39 is 0 Å². The molecule has 5 heteroatoms. The van der Waals surface area contributed by atoms with E-state index in [0.29, 0.717) is 28.0 Å². The maximum Gasteiger partial charge on any atom is 0.228 e. The van der Waals surface area contributed by atoms with Gasteiger partial charge in [0.25, 0.3) is 0 Å². The average Bonchev–Trinajstić information content (AvgIpc) is 2.34. The molecule has 2 aromatic rings. The van der Waals surface area contributed by atoms with Crippen LogP contribution < -0.4 is 4.74 Å². The van der Waals surface area contributed by atoms with Crippen LogP contribution in [0.4, 0.5) is 0 Å². The van der Waals surface area contributed by atoms with Gasteiger partial charge in [-0.3, -0.25) is 0 Å². The van der Waals surface area contributed by atoms with Crippen LogP contribution in [0.15, 0.2) is 24.4 Å². The van der Waals surface area contributed by atoms with Crippen molar-refractivity contribution in [3.8, 4) is 11.6 Å². The van der Waals surface area contributed by atoms with Crippen LogP contribution in [-0.4, -0.2) is 15.1 Å². The van der Waals surface area contributed by atoms with Gasteiger partial charge < -0.3 is 9.84 Å². The quantitative estimate of drug-likeness (QED) is 0.926. The highest BCUT2D eigenvalue weighted by molar-refractivity contribution is 6.31. The summed E-state index contributed by atoms with van der Waals surface area (Å²) in [4.78, 5) is 8.18. The molecule has 1 N–H and O–H groups in total. The van der Waals surface area contributed by atoms with E-state index in [2.05, 4.69) is 9.97 Å². The Morgan fingerprint density at radius 1 is 1.33 bits per heavy atom. The predicted octanol–water partition coefficient (Wildman–Crippen LogP) is 3.03. The first kappa shape index (κ1) is 12.8. The zero-order valence-corrected chi connectivity index (χ0v) is 10.9. The van der Waals surface area contributed by atoms with Gasteiger partial charge in [-0.1, -0.05) is 11.6 Å². The van der Waals surface area contributed by atoms with Gasteiger partial charge in [0.2, 0.25) is 5.88 Å². The number of aryl methyl sites for hydroxylation is 2. The summed E-state index contributed by atoms with van der Waals surface area (Å²) in [7, 11) is 0. The predicted molar refractivity (Wildman–Crippen MR) is 69.0 cm³/mol. The van der Waals surface area contributed by atoms with Crippen LogP contribution >= 0.6 is 11.6 Å². The van der Waals surface area contributed by atoms with Crippen molar-refractivity contribution in [2.24, 2.45) is 0 Å². The first-order chi connectivity index (χ1) is 8.60. The summed E-state index contributed by atoms with van der Waals surface area (Å²) >= 11 is 5.95. The van der Waals surface area contributed by atoms with Gasteiger partial charge in [0.05, 0.1) is 12.2 Å². The number of aliphatic hydroxyl groups is 1. The van der Waals surface area contributed by atoms with E-state index in [1.54, 1.807) is 25.3 Å². The van der Waals surface area contributed by atoms with E-state index in [0.717, 1.165) is 5.56 Å². The molecule has 1 heterocycles. The maximum atomic E-state index is 9.20. The summed E-state index contributed by atoms with van der Waals surface area (Å²) in [6, 6.07) is 5.34. The zero-order chi connectivity index (χ0) is 13.1. The highest BCUT2D eigenvalue weighted by atomic mass is 35.5. The number of aliphatic hydroxyl groups excluding tert-OH is 1. The lowest BCUT2D eigenvalue weighted by Crippen LogP contribution is -1.99. The molecule has 0 aliphatic carbocycles. The molecule has 0 aliphatic rings. The standard InChI is InChI=1S/C13H13ClN2O2/c1-8-5-11(3-4-12(8)14)18-13-10(7-17)6-15-9(2)16-13/h3-6,17H,7H2,1-2H3. The second-order valence-electron chi connectivity index (χ2n) is 3.92. The lowest BCUT2D eigenvalue weighted by atomic mass is 10.2. The van der Waals surface area contributed by atoms with E-state index in [9.17, 15) is 5.11 Å². The molecule has 4 nitrogen and oxygen atoms in total. The van der Waals surface area contributed by atoms with Crippen LogP contribution in [0.1, 0.15) is 17.0 Å². The van der Waals surface area contributed by atoms with Gasteiger partial charge >= 0.3 is 0 Å². The lowest BCUT2D eigenvalue weighted by Gasteiger charge is -2.09. The Hall–Kier alpha value is -1.65. The molecule has 0 saturated heterocycles. The molecule has 0 fully saturated rings. The fraction of sp³-hybridized carbons (Fsp3) is 0.231. The van der Waals surface area contributed by atoms with Crippen molar-refractivity contribution in [1.82, 2.24) is 9.97 Å². The largest absolute Gasteiger partial charge is 0.439 e. The molecule has 0 spiro atoms. The molecule has 1 aromatic carbocycles. The molecule has 0 radical (unpaired) electrons. The van der Waals surface area contributed by atoms with Gasteiger partial charge in [-0.15, -0.1) is 0 Å². The third-order valence-electron chi connectivity index (χ3n) is 2.46. The van der Waals surface area contributed by atoms with E-state index in [4.69, 9.17) is 16.3 Å². The number of nitrogens with zero attached hydrogens (tertiary/aromatic N) is 2. The summed E-state index contributed by atoms with van der Waals surface area (Å²) in [5.74, 6) is 1.59. The van der Waals surface area contributed by atoms with E-state index in [1.807, 2.05) is 13.0 Å². The number of ether oxygens (including phenoxy) is 1. The van der Waals surface area contributed by atoms with Crippen LogP contribution in [0.25, 0.3) is 0 Å². The number of benzene rings is 1. The third-order valence-corrected chi connectivity index (χ3v) is 2.88. The van der Waals surface area contributed by atoms with Crippen LogP contribution in [0, 0.1) is 13.8 Å². The molecule has 0 atom stereocenters. The molecule has 0 unspecified atom stereocenters. The second-order valence-corrected chi connectivity index (χ2v) is 4.33. The van der Waals surface area contributed by atoms with Crippen molar-refractivity contribution in [3.63, 3.8) is 0 Å². The molecule has 0 bridgehead atoms. The lowest BCUT2D eigenvalue weighted by molar-refractivity contribution is 0.274. The Morgan fingerprint density at radius 2 is 2.11 bits per heavy atom. The minimum atomic E-state index is -0.164. The first-order valence-electron chi connectivity index (χ1n) is 5.47. The topological polar surface area (TPSA) is 55.2 Å². The maximum absolute atomic E-state index is 9.20. The smallest absolute Gasteiger partial charge is 0.228 e. The highest BCUT2D eigenvalue weighted by Gasteiger charge is 2.08. The monoisotopic (exact) mass is 264 g/mol. The zero-order valence-electron chi connectivity index (χ0n) is 10.1. The van der Waals surface area contributed by atoms with Gasteiger partial charge in [-0.05, 0) is 37.6 Å². The van der Waals surface area contributed by atoms with Crippen molar-refractivity contribution < 1.29 is 9.84 Å². The first-order valence-corrected chi connectivity index (χ1v) is 5.85. The van der Waals surface area contributed by atoms with Gasteiger partial charge in [0, 0.05) is 11.2 Å². The summed E-state index contributed by atoms with van der Waals surface area (Å²) in [6.45, 7) is 3.50. The Balaban J connectivity index is 2.33. The van der Waals surface area contributed by atoms with E-state index >= 15 is 0 Å². The molecule has 0 saturated carbocycles. The van der Waals surface area contributed by atoms with Gasteiger partial charge in [-0.2, -0.15) is 4.98 Å². The number of hydrogen-bond donors (Lipinski definition) is 1. The molecule has 18 heavy (non-hydrogen) atoms. The molecule has 2 rings (SSSR count). The SMILES string of the molecule is Cc1ncc(CO)c(Oc2ccc(Cl)c(C)c2)n1. The van der Waals surface area contributed by atoms with E-state index in [-0.39, 0.29) is 6.61 Å². The molecule has 94 valence electrons. The van der Waals surface area contributed by atoms with Crippen LogP contribution in [0.3, 0.4) is 0 Å². The Kier molecular flexibility index (Phi) is 3.79. The molecular formula is C13H13ClN2O2. The highest BCUT2D eigenvalue weighted by Crippen LogP contribution is 2.26. The van der Waals surface area contributed by atoms with Crippen LogP contribution in [-0.2, 0) is 6.61 Å². The summed E-state index contributed by atoms with van der Waals surface area (Å²) < 4.78 is 5.65. The van der Waals surface area contributed by atoms with Crippen molar-refractivity contribution in [3.05, 3.63) is 46.4 Å². The number of aromatic nitrogens is 2. The summed E-state index contributed by atoms with van der Waals surface area (Å²) in [5.41, 5.74) is 1.47. The minimum absolute atomic E-state index is 0.164. The summed E-state index contributed by atoms with van der Waals surface area (Å²) in [5, 5.41) is 9.89. The van der Waals surface area contributed by atoms with Gasteiger partial charge in [0.15, 0.2) is 0 Å². The molecule has 1 aromatic heterocycles. The fourth-order valence-electron chi connectivity index (χ4n) is 1.46. The van der Waals surface area contributed by atoms with Crippen LogP contribution in [0.2, 0.25) is 5.02 Å². The number of halogens is 1. The third kappa shape index (κ3) is 2.78. The minimum Gasteiger partial charge on any atom is -0.439 e. The van der Waals surface area contributed by atoms with Gasteiger partial charge in [-0.25, -0.2) is 4.98 Å². The van der Waals surface area contributed by atoms with Crippen molar-refractivity contribution in [2.75, 3.05) is 0 Å². The Bertz CT molecular complexity index is 573. The molecular weight excluding hydrogens is 252 g/mol. The fourth-order valence-corrected chi connectivity index (χ4v) is 1.58. The Morgan fingerprint density at radius 3 is 2.78 bits per heavy atom. The average molecular weight is 265 g/mol. The second kappa shape index (κ2) is 5.33. The normalized spacial score (nSPS) is 10.4. The summed E-state index contributed by atoms with van der Waals surface area (Å²) in [6.07, 6.45) is 1.56. The van der Waals surface area contributed by atoms with Crippen molar-refractivity contribution in [1.29, 1.82) is 0 Å². The Labute approximate surface area is 110 Å². The van der Waals surface area contributed by atoms with Gasteiger partial charge in [0.1, 0.15) is 11.6 Å². The van der Waals surface area contributed by atoms with Crippen molar-refractivity contribution >= 4 is 11.6 Å². The van der Waals surface area contributed by atoms with Crippen LogP contribution in [0.5, 0.6) is 11.6 Å². The number of rotatable bonds is 3. The molecule has 0 amide bonds. The number of hydrogen-bond acceptors (Lipinski definition) is 4. The van der Waals surface area contributed by atoms with Crippen molar-refractivity contribution in [2.45, 2.75) is 20.5 Å². The van der Waals surface area contributed by atoms with E-state index in [1.165, 1.54) is 0 Å².